The van der Waals surface area contributed by atoms with Crippen molar-refractivity contribution in [1.82, 2.24) is 10.3 Å². The molecular formula is C28H23ClN2O2. The van der Waals surface area contributed by atoms with E-state index in [0.29, 0.717) is 24.6 Å². The Morgan fingerprint density at radius 3 is 2.55 bits per heavy atom. The fourth-order valence-corrected chi connectivity index (χ4v) is 4.22. The average Bonchev–Trinajstić information content (AvgIpc) is 3.28. The van der Waals surface area contributed by atoms with E-state index >= 15 is 0 Å². The second-order valence-corrected chi connectivity index (χ2v) is 8.60. The molecule has 1 N–H and O–H groups in total. The molecule has 3 aromatic carbocycles. The van der Waals surface area contributed by atoms with Gasteiger partial charge in [0.2, 0.25) is 5.91 Å². The molecule has 164 valence electrons. The molecule has 2 heterocycles. The summed E-state index contributed by atoms with van der Waals surface area (Å²) in [5, 5.41) is 4.76. The van der Waals surface area contributed by atoms with Crippen molar-refractivity contribution < 1.29 is 9.53 Å². The van der Waals surface area contributed by atoms with Crippen LogP contribution in [0.15, 0.2) is 84.9 Å². The van der Waals surface area contributed by atoms with Crippen molar-refractivity contribution in [2.24, 2.45) is 5.92 Å². The zero-order chi connectivity index (χ0) is 22.6. The standard InChI is InChI=1S/C28H23ClN2O2/c29-23-10-5-19(6-11-23)15-26(22-16-28(32)30-17-22)20-8-13-25(14-9-20)33-18-24-12-7-21-3-1-2-4-27(21)31-24/h1-15,22H,16-18H2,(H,30,32)/b26-15+. The number of aromatic nitrogens is 1. The van der Waals surface area contributed by atoms with Gasteiger partial charge in [-0.3, -0.25) is 4.79 Å². The van der Waals surface area contributed by atoms with Gasteiger partial charge in [0.15, 0.2) is 0 Å². The first-order valence-electron chi connectivity index (χ1n) is 11.0. The smallest absolute Gasteiger partial charge is 0.220 e. The molecular weight excluding hydrogens is 432 g/mol. The third-order valence-corrected chi connectivity index (χ3v) is 6.09. The largest absolute Gasteiger partial charge is 0.487 e. The van der Waals surface area contributed by atoms with Crippen molar-refractivity contribution >= 4 is 40.1 Å². The Morgan fingerprint density at radius 1 is 1.00 bits per heavy atom. The molecule has 1 aliphatic heterocycles. The van der Waals surface area contributed by atoms with Crippen LogP contribution in [0.2, 0.25) is 5.02 Å². The van der Waals surface area contributed by atoms with Crippen LogP contribution in [0.4, 0.5) is 0 Å². The first kappa shape index (κ1) is 21.2. The number of halogens is 1. The fourth-order valence-electron chi connectivity index (χ4n) is 4.09. The molecule has 1 unspecified atom stereocenters. The van der Waals surface area contributed by atoms with Crippen LogP contribution >= 0.6 is 11.6 Å². The van der Waals surface area contributed by atoms with E-state index in [-0.39, 0.29) is 11.8 Å². The zero-order valence-electron chi connectivity index (χ0n) is 18.0. The van der Waals surface area contributed by atoms with Crippen molar-refractivity contribution in [2.45, 2.75) is 13.0 Å². The summed E-state index contributed by atoms with van der Waals surface area (Å²) in [5.41, 5.74) is 5.10. The molecule has 0 spiro atoms. The van der Waals surface area contributed by atoms with Gasteiger partial charge in [-0.15, -0.1) is 0 Å². The quantitative estimate of drug-likeness (QED) is 0.356. The summed E-state index contributed by atoms with van der Waals surface area (Å²) >= 11 is 6.04. The number of para-hydroxylation sites is 1. The van der Waals surface area contributed by atoms with Crippen LogP contribution < -0.4 is 10.1 Å². The van der Waals surface area contributed by atoms with Gasteiger partial charge in [0.05, 0.1) is 11.2 Å². The van der Waals surface area contributed by atoms with Gasteiger partial charge in [0, 0.05) is 29.3 Å². The molecule has 0 bridgehead atoms. The number of carbonyl (C=O) groups is 1. The van der Waals surface area contributed by atoms with Gasteiger partial charge < -0.3 is 10.1 Å². The van der Waals surface area contributed by atoms with E-state index in [1.54, 1.807) is 0 Å². The maximum absolute atomic E-state index is 11.9. The highest BCUT2D eigenvalue weighted by atomic mass is 35.5. The van der Waals surface area contributed by atoms with Gasteiger partial charge in [-0.2, -0.15) is 0 Å². The third kappa shape index (κ3) is 5.07. The molecule has 4 aromatic rings. The summed E-state index contributed by atoms with van der Waals surface area (Å²) in [7, 11) is 0. The van der Waals surface area contributed by atoms with Crippen LogP contribution in [-0.4, -0.2) is 17.4 Å². The van der Waals surface area contributed by atoms with Crippen LogP contribution in [0, 0.1) is 5.92 Å². The second-order valence-electron chi connectivity index (χ2n) is 8.16. The predicted molar refractivity (Wildman–Crippen MR) is 133 cm³/mol. The van der Waals surface area contributed by atoms with E-state index in [2.05, 4.69) is 22.4 Å². The van der Waals surface area contributed by atoms with E-state index in [9.17, 15) is 4.79 Å². The summed E-state index contributed by atoms with van der Waals surface area (Å²) in [6.07, 6.45) is 2.63. The Bertz CT molecular complexity index is 1310. The lowest BCUT2D eigenvalue weighted by Crippen LogP contribution is -2.14. The summed E-state index contributed by atoms with van der Waals surface area (Å²) in [6.45, 7) is 1.04. The summed E-state index contributed by atoms with van der Waals surface area (Å²) in [4.78, 5) is 16.5. The molecule has 4 nitrogen and oxygen atoms in total. The zero-order valence-corrected chi connectivity index (χ0v) is 18.8. The van der Waals surface area contributed by atoms with Crippen LogP contribution in [0.1, 0.15) is 23.2 Å². The number of pyridine rings is 1. The lowest BCUT2D eigenvalue weighted by atomic mass is 9.90. The maximum Gasteiger partial charge on any atom is 0.220 e. The summed E-state index contributed by atoms with van der Waals surface area (Å²) in [6, 6.07) is 27.9. The Balaban J connectivity index is 1.34. The monoisotopic (exact) mass is 454 g/mol. The molecule has 5 rings (SSSR count). The number of nitrogens with zero attached hydrogens (tertiary/aromatic N) is 1. The highest BCUT2D eigenvalue weighted by Gasteiger charge is 2.25. The number of ether oxygens (including phenoxy) is 1. The highest BCUT2D eigenvalue weighted by molar-refractivity contribution is 6.30. The molecule has 1 saturated heterocycles. The Hall–Kier alpha value is -3.63. The maximum atomic E-state index is 11.9. The van der Waals surface area contributed by atoms with Gasteiger partial charge in [-0.25, -0.2) is 4.98 Å². The lowest BCUT2D eigenvalue weighted by Gasteiger charge is -2.15. The number of carbonyl (C=O) groups excluding carboxylic acids is 1. The molecule has 1 atom stereocenters. The van der Waals surface area contributed by atoms with Crippen LogP contribution in [0.3, 0.4) is 0 Å². The molecule has 5 heteroatoms. The normalized spacial score (nSPS) is 16.1. The topological polar surface area (TPSA) is 51.2 Å². The second kappa shape index (κ2) is 9.47. The molecule has 0 radical (unpaired) electrons. The molecule has 0 aliphatic carbocycles. The number of nitrogens with one attached hydrogen (secondary N) is 1. The van der Waals surface area contributed by atoms with Gasteiger partial charge in [-0.1, -0.05) is 66.2 Å². The minimum atomic E-state index is 0.0878. The number of hydrogen-bond acceptors (Lipinski definition) is 3. The Labute approximate surface area is 197 Å². The summed E-state index contributed by atoms with van der Waals surface area (Å²) < 4.78 is 5.99. The van der Waals surface area contributed by atoms with Crippen molar-refractivity contribution in [1.29, 1.82) is 0 Å². The first-order chi connectivity index (χ1) is 16.1. The molecule has 0 saturated carbocycles. The molecule has 1 fully saturated rings. The van der Waals surface area contributed by atoms with Crippen LogP contribution in [-0.2, 0) is 11.4 Å². The van der Waals surface area contributed by atoms with E-state index < -0.39 is 0 Å². The minimum absolute atomic E-state index is 0.0878. The number of hydrogen-bond donors (Lipinski definition) is 1. The average molecular weight is 455 g/mol. The molecule has 1 amide bonds. The van der Waals surface area contributed by atoms with Crippen molar-refractivity contribution in [3.05, 3.63) is 107 Å². The molecule has 1 aliphatic rings. The first-order valence-corrected chi connectivity index (χ1v) is 11.3. The fraction of sp³-hybridized carbons (Fsp3) is 0.143. The van der Waals surface area contributed by atoms with E-state index in [1.165, 1.54) is 0 Å². The van der Waals surface area contributed by atoms with Crippen molar-refractivity contribution in [3.63, 3.8) is 0 Å². The number of rotatable bonds is 6. The van der Waals surface area contributed by atoms with Crippen molar-refractivity contribution in [2.75, 3.05) is 6.54 Å². The summed E-state index contributed by atoms with van der Waals surface area (Å²) in [5.74, 6) is 0.992. The van der Waals surface area contributed by atoms with Crippen LogP contribution in [0.25, 0.3) is 22.6 Å². The molecule has 33 heavy (non-hydrogen) atoms. The van der Waals surface area contributed by atoms with Gasteiger partial charge in [0.25, 0.3) is 0 Å². The van der Waals surface area contributed by atoms with E-state index in [1.807, 2.05) is 78.9 Å². The highest BCUT2D eigenvalue weighted by Crippen LogP contribution is 2.32. The van der Waals surface area contributed by atoms with E-state index in [4.69, 9.17) is 16.3 Å². The third-order valence-electron chi connectivity index (χ3n) is 5.84. The molecule has 1 aromatic heterocycles. The van der Waals surface area contributed by atoms with Crippen molar-refractivity contribution in [3.8, 4) is 5.75 Å². The Morgan fingerprint density at radius 2 is 1.79 bits per heavy atom. The SMILES string of the molecule is O=C1CC(/C(=C/c2ccc(Cl)cc2)c2ccc(OCc3ccc4ccccc4n3)cc2)CN1. The minimum Gasteiger partial charge on any atom is -0.487 e. The Kier molecular flexibility index (Phi) is 6.09. The van der Waals surface area contributed by atoms with Gasteiger partial charge in [0.1, 0.15) is 12.4 Å². The van der Waals surface area contributed by atoms with Crippen LogP contribution in [0.5, 0.6) is 5.75 Å². The van der Waals surface area contributed by atoms with Gasteiger partial charge in [-0.05, 0) is 53.1 Å². The number of benzene rings is 3. The number of fused-ring (bicyclic) bond motifs is 1. The lowest BCUT2D eigenvalue weighted by molar-refractivity contribution is -0.119. The van der Waals surface area contributed by atoms with Gasteiger partial charge >= 0.3 is 0 Å². The number of amides is 1. The predicted octanol–water partition coefficient (Wildman–Crippen LogP) is 6.14. The van der Waals surface area contributed by atoms with E-state index in [0.717, 1.165) is 39.0 Å².